The van der Waals surface area contributed by atoms with E-state index in [-0.39, 0.29) is 11.8 Å². The van der Waals surface area contributed by atoms with E-state index in [0.29, 0.717) is 12.5 Å². The van der Waals surface area contributed by atoms with Gasteiger partial charge in [0.15, 0.2) is 0 Å². The molecule has 0 bridgehead atoms. The first-order valence-corrected chi connectivity index (χ1v) is 4.64. The van der Waals surface area contributed by atoms with Gasteiger partial charge < -0.3 is 5.32 Å². The summed E-state index contributed by atoms with van der Waals surface area (Å²) in [6.07, 6.45) is 6.37. The van der Waals surface area contributed by atoms with Crippen molar-refractivity contribution < 1.29 is 4.79 Å². The van der Waals surface area contributed by atoms with E-state index in [4.69, 9.17) is 0 Å². The lowest BCUT2D eigenvalue weighted by Crippen LogP contribution is -2.30. The Morgan fingerprint density at radius 3 is 2.83 bits per heavy atom. The zero-order chi connectivity index (χ0) is 8.97. The molecule has 0 aliphatic heterocycles. The predicted molar refractivity (Wildman–Crippen MR) is 49.7 cm³/mol. The molecule has 1 amide bonds. The van der Waals surface area contributed by atoms with Crippen LogP contribution in [0.1, 0.15) is 26.7 Å². The van der Waals surface area contributed by atoms with Crippen molar-refractivity contribution in [1.82, 2.24) is 5.32 Å². The Morgan fingerprint density at radius 2 is 2.33 bits per heavy atom. The molecule has 1 rings (SSSR count). The Hall–Kier alpha value is -0.790. The van der Waals surface area contributed by atoms with E-state index in [1.807, 2.05) is 26.0 Å². The van der Waals surface area contributed by atoms with Crippen LogP contribution in [0.5, 0.6) is 0 Å². The predicted octanol–water partition coefficient (Wildman–Crippen LogP) is 1.72. The smallest absolute Gasteiger partial charge is 0.223 e. The molecule has 1 aliphatic rings. The van der Waals surface area contributed by atoms with E-state index >= 15 is 0 Å². The number of rotatable bonds is 4. The van der Waals surface area contributed by atoms with Gasteiger partial charge in [-0.05, 0) is 25.7 Å². The molecule has 0 heterocycles. The Labute approximate surface area is 74.0 Å². The summed E-state index contributed by atoms with van der Waals surface area (Å²) in [7, 11) is 0. The lowest BCUT2D eigenvalue weighted by atomic mass is 10.1. The highest BCUT2D eigenvalue weighted by atomic mass is 16.1. The van der Waals surface area contributed by atoms with Crippen LogP contribution in [0.25, 0.3) is 0 Å². The van der Waals surface area contributed by atoms with Gasteiger partial charge in [0.1, 0.15) is 0 Å². The first-order chi connectivity index (χ1) is 5.75. The summed E-state index contributed by atoms with van der Waals surface area (Å²) in [4.78, 5) is 11.4. The van der Waals surface area contributed by atoms with Gasteiger partial charge in [-0.2, -0.15) is 0 Å². The van der Waals surface area contributed by atoms with Crippen LogP contribution in [0.15, 0.2) is 12.2 Å². The highest BCUT2D eigenvalue weighted by Gasteiger charge is 2.32. The van der Waals surface area contributed by atoms with Crippen LogP contribution < -0.4 is 5.32 Å². The van der Waals surface area contributed by atoms with E-state index in [9.17, 15) is 4.79 Å². The summed E-state index contributed by atoms with van der Waals surface area (Å²) in [6, 6.07) is 0. The average molecular weight is 167 g/mol. The van der Waals surface area contributed by atoms with Crippen LogP contribution in [-0.4, -0.2) is 12.5 Å². The van der Waals surface area contributed by atoms with Crippen molar-refractivity contribution >= 4 is 5.91 Å². The molecule has 1 aliphatic carbocycles. The van der Waals surface area contributed by atoms with Gasteiger partial charge in [-0.3, -0.25) is 4.79 Å². The van der Waals surface area contributed by atoms with Crippen LogP contribution in [0.3, 0.4) is 0 Å². The standard InChI is InChI=1S/C10H17NO/c1-3-4-7-11-10(12)8(2)9-5-6-9/h3-4,8-9H,5-7H2,1-2H3,(H,11,12)/b4-3+. The molecule has 68 valence electrons. The zero-order valence-corrected chi connectivity index (χ0v) is 7.84. The van der Waals surface area contributed by atoms with E-state index < -0.39 is 0 Å². The van der Waals surface area contributed by atoms with Crippen LogP contribution in [-0.2, 0) is 4.79 Å². The molecule has 2 nitrogen and oxygen atoms in total. The molecule has 1 atom stereocenters. The molecule has 1 N–H and O–H groups in total. The van der Waals surface area contributed by atoms with Crippen molar-refractivity contribution in [3.8, 4) is 0 Å². The van der Waals surface area contributed by atoms with Crippen molar-refractivity contribution in [3.63, 3.8) is 0 Å². The molecule has 2 heteroatoms. The van der Waals surface area contributed by atoms with Gasteiger partial charge in [0.05, 0.1) is 0 Å². The molecule has 0 aromatic rings. The molecule has 0 saturated heterocycles. The summed E-state index contributed by atoms with van der Waals surface area (Å²) in [5, 5.41) is 2.88. The van der Waals surface area contributed by atoms with Crippen LogP contribution in [0, 0.1) is 11.8 Å². The molecular formula is C10H17NO. The van der Waals surface area contributed by atoms with Crippen LogP contribution >= 0.6 is 0 Å². The maximum absolute atomic E-state index is 11.4. The first kappa shape index (κ1) is 9.30. The lowest BCUT2D eigenvalue weighted by molar-refractivity contribution is -0.124. The summed E-state index contributed by atoms with van der Waals surface area (Å²) >= 11 is 0. The number of hydrogen-bond donors (Lipinski definition) is 1. The molecule has 0 aromatic carbocycles. The second-order valence-corrected chi connectivity index (χ2v) is 3.44. The van der Waals surface area contributed by atoms with Gasteiger partial charge in [-0.25, -0.2) is 0 Å². The third kappa shape index (κ3) is 2.68. The fourth-order valence-electron chi connectivity index (χ4n) is 1.25. The van der Waals surface area contributed by atoms with E-state index in [1.54, 1.807) is 0 Å². The summed E-state index contributed by atoms with van der Waals surface area (Å²) < 4.78 is 0. The Kier molecular flexibility index (Phi) is 3.32. The van der Waals surface area contributed by atoms with Crippen LogP contribution in [0.4, 0.5) is 0 Å². The largest absolute Gasteiger partial charge is 0.352 e. The van der Waals surface area contributed by atoms with Crippen LogP contribution in [0.2, 0.25) is 0 Å². The van der Waals surface area contributed by atoms with Crippen molar-refractivity contribution in [2.24, 2.45) is 11.8 Å². The van der Waals surface area contributed by atoms with Gasteiger partial charge in [0, 0.05) is 12.5 Å². The molecule has 1 saturated carbocycles. The third-order valence-electron chi connectivity index (χ3n) is 2.37. The highest BCUT2D eigenvalue weighted by Crippen LogP contribution is 2.36. The van der Waals surface area contributed by atoms with Gasteiger partial charge in [-0.1, -0.05) is 19.1 Å². The molecule has 0 spiro atoms. The minimum Gasteiger partial charge on any atom is -0.352 e. The maximum atomic E-state index is 11.4. The second kappa shape index (κ2) is 4.29. The van der Waals surface area contributed by atoms with E-state index in [1.165, 1.54) is 12.8 Å². The summed E-state index contributed by atoms with van der Waals surface area (Å²) in [5.74, 6) is 1.08. The average Bonchev–Trinajstić information content (AvgIpc) is 2.86. The lowest BCUT2D eigenvalue weighted by Gasteiger charge is -2.08. The Bertz CT molecular complexity index is 182. The van der Waals surface area contributed by atoms with Crippen molar-refractivity contribution in [3.05, 3.63) is 12.2 Å². The Morgan fingerprint density at radius 1 is 1.67 bits per heavy atom. The molecule has 0 aromatic heterocycles. The molecule has 1 unspecified atom stereocenters. The topological polar surface area (TPSA) is 29.1 Å². The SMILES string of the molecule is C/C=C/CNC(=O)C(C)C1CC1. The fraction of sp³-hybridized carbons (Fsp3) is 0.700. The van der Waals surface area contributed by atoms with E-state index in [0.717, 1.165) is 0 Å². The molecular weight excluding hydrogens is 150 g/mol. The summed E-state index contributed by atoms with van der Waals surface area (Å²) in [6.45, 7) is 4.64. The number of carbonyl (C=O) groups is 1. The van der Waals surface area contributed by atoms with Gasteiger partial charge in [-0.15, -0.1) is 0 Å². The normalized spacial score (nSPS) is 19.5. The minimum atomic E-state index is 0.204. The first-order valence-electron chi connectivity index (χ1n) is 4.64. The number of allylic oxidation sites excluding steroid dienone is 1. The number of nitrogens with one attached hydrogen (secondary N) is 1. The maximum Gasteiger partial charge on any atom is 0.223 e. The van der Waals surface area contributed by atoms with Gasteiger partial charge in [0.25, 0.3) is 0 Å². The number of amides is 1. The number of hydrogen-bond acceptors (Lipinski definition) is 1. The quantitative estimate of drug-likeness (QED) is 0.635. The van der Waals surface area contributed by atoms with Crippen molar-refractivity contribution in [2.45, 2.75) is 26.7 Å². The second-order valence-electron chi connectivity index (χ2n) is 3.44. The van der Waals surface area contributed by atoms with Crippen molar-refractivity contribution in [1.29, 1.82) is 0 Å². The van der Waals surface area contributed by atoms with E-state index in [2.05, 4.69) is 5.32 Å². The van der Waals surface area contributed by atoms with Gasteiger partial charge >= 0.3 is 0 Å². The van der Waals surface area contributed by atoms with Crippen molar-refractivity contribution in [2.75, 3.05) is 6.54 Å². The molecule has 12 heavy (non-hydrogen) atoms. The zero-order valence-electron chi connectivity index (χ0n) is 7.84. The Balaban J connectivity index is 2.17. The van der Waals surface area contributed by atoms with Gasteiger partial charge in [0.2, 0.25) is 5.91 Å². The molecule has 1 fully saturated rings. The minimum absolute atomic E-state index is 0.204. The highest BCUT2D eigenvalue weighted by molar-refractivity contribution is 5.79. The number of carbonyl (C=O) groups excluding carboxylic acids is 1. The summed E-state index contributed by atoms with van der Waals surface area (Å²) in [5.41, 5.74) is 0. The third-order valence-corrected chi connectivity index (χ3v) is 2.37. The molecule has 0 radical (unpaired) electrons. The monoisotopic (exact) mass is 167 g/mol. The fourth-order valence-corrected chi connectivity index (χ4v) is 1.25.